The van der Waals surface area contributed by atoms with Crippen molar-refractivity contribution < 1.29 is 0 Å². The molecule has 0 unspecified atom stereocenters. The molecule has 0 aliphatic heterocycles. The maximum absolute atomic E-state index is 11.5. The van der Waals surface area contributed by atoms with Crippen LogP contribution in [0.1, 0.15) is 5.56 Å². The highest BCUT2D eigenvalue weighted by Gasteiger charge is 2.02. The Morgan fingerprint density at radius 2 is 1.95 bits per heavy atom. The molecule has 0 fully saturated rings. The Bertz CT molecular complexity index is 730. The summed E-state index contributed by atoms with van der Waals surface area (Å²) in [5.74, 6) is 0. The monoisotopic (exact) mass is 252 g/mol. The minimum Gasteiger partial charge on any atom is -0.295 e. The normalized spacial score (nSPS) is 10.5. The van der Waals surface area contributed by atoms with Gasteiger partial charge in [-0.25, -0.2) is 14.5 Å². The van der Waals surface area contributed by atoms with Crippen LogP contribution in [0.25, 0.3) is 5.69 Å². The summed E-state index contributed by atoms with van der Waals surface area (Å²) in [6.07, 6.45) is 6.88. The molecule has 1 aromatic carbocycles. The third kappa shape index (κ3) is 2.44. The van der Waals surface area contributed by atoms with Gasteiger partial charge in [0.05, 0.1) is 18.4 Å². The number of hydrogen-bond acceptors (Lipinski definition) is 3. The van der Waals surface area contributed by atoms with Gasteiger partial charge in [0.15, 0.2) is 0 Å². The zero-order valence-corrected chi connectivity index (χ0v) is 10.2. The van der Waals surface area contributed by atoms with E-state index in [9.17, 15) is 4.79 Å². The molecule has 5 nitrogen and oxygen atoms in total. The summed E-state index contributed by atoms with van der Waals surface area (Å²) < 4.78 is 3.34. The molecule has 0 atom stereocenters. The molecule has 0 spiro atoms. The minimum absolute atomic E-state index is 0.255. The van der Waals surface area contributed by atoms with Gasteiger partial charge in [-0.1, -0.05) is 18.2 Å². The lowest BCUT2D eigenvalue weighted by atomic mass is 10.3. The summed E-state index contributed by atoms with van der Waals surface area (Å²) in [5.41, 5.74) is 1.70. The molecule has 0 bridgehead atoms. The van der Waals surface area contributed by atoms with E-state index in [1.807, 2.05) is 36.5 Å². The number of para-hydroxylation sites is 1. The lowest BCUT2D eigenvalue weighted by Gasteiger charge is -2.01. The van der Waals surface area contributed by atoms with Crippen LogP contribution >= 0.6 is 0 Å². The van der Waals surface area contributed by atoms with Crippen molar-refractivity contribution in [2.75, 3.05) is 0 Å². The zero-order chi connectivity index (χ0) is 13.1. The molecule has 0 N–H and O–H groups in total. The van der Waals surface area contributed by atoms with Gasteiger partial charge < -0.3 is 0 Å². The molecule has 2 heterocycles. The van der Waals surface area contributed by atoms with Gasteiger partial charge in [0, 0.05) is 24.2 Å². The summed E-state index contributed by atoms with van der Waals surface area (Å²) in [6.45, 7) is 0.472. The van der Waals surface area contributed by atoms with Crippen LogP contribution < -0.4 is 5.69 Å². The van der Waals surface area contributed by atoms with E-state index in [1.54, 1.807) is 27.7 Å². The van der Waals surface area contributed by atoms with Crippen LogP contribution in [-0.4, -0.2) is 19.3 Å². The Kier molecular flexibility index (Phi) is 2.94. The molecule has 0 saturated heterocycles. The number of nitrogens with zero attached hydrogens (tertiary/aromatic N) is 4. The van der Waals surface area contributed by atoms with E-state index in [1.165, 1.54) is 6.20 Å². The first-order valence-corrected chi connectivity index (χ1v) is 5.93. The number of benzene rings is 1. The minimum atomic E-state index is -0.255. The second-order valence-corrected chi connectivity index (χ2v) is 4.16. The van der Waals surface area contributed by atoms with Crippen LogP contribution in [0, 0.1) is 0 Å². The highest BCUT2D eigenvalue weighted by Crippen LogP contribution is 2.08. The van der Waals surface area contributed by atoms with E-state index in [-0.39, 0.29) is 5.69 Å². The van der Waals surface area contributed by atoms with E-state index in [4.69, 9.17) is 0 Å². The molecule has 3 aromatic rings. The molecule has 0 aliphatic carbocycles. The SMILES string of the molecule is O=c1ncccn1Cc1cnn(-c2ccccc2)c1. The van der Waals surface area contributed by atoms with E-state index in [2.05, 4.69) is 10.1 Å². The summed E-state index contributed by atoms with van der Waals surface area (Å²) in [5, 5.41) is 4.29. The predicted molar refractivity (Wildman–Crippen MR) is 71.2 cm³/mol. The van der Waals surface area contributed by atoms with Crippen LogP contribution in [0.5, 0.6) is 0 Å². The van der Waals surface area contributed by atoms with Crippen molar-refractivity contribution in [3.63, 3.8) is 0 Å². The van der Waals surface area contributed by atoms with Crippen LogP contribution in [0.4, 0.5) is 0 Å². The molecule has 3 rings (SSSR count). The molecule has 5 heteroatoms. The molecule has 94 valence electrons. The molecule has 0 amide bonds. The van der Waals surface area contributed by atoms with Gasteiger partial charge in [-0.05, 0) is 18.2 Å². The lowest BCUT2D eigenvalue weighted by molar-refractivity contribution is 0.726. The maximum Gasteiger partial charge on any atom is 0.347 e. The van der Waals surface area contributed by atoms with E-state index in [0.29, 0.717) is 6.54 Å². The van der Waals surface area contributed by atoms with Crippen molar-refractivity contribution in [2.24, 2.45) is 0 Å². The standard InChI is InChI=1S/C14H12N4O/c19-14-15-7-4-8-17(14)10-12-9-16-18(11-12)13-5-2-1-3-6-13/h1-9,11H,10H2. The quantitative estimate of drug-likeness (QED) is 0.709. The van der Waals surface area contributed by atoms with Gasteiger partial charge in [0.1, 0.15) is 0 Å². The predicted octanol–water partition coefficient (Wildman–Crippen LogP) is 1.48. The van der Waals surface area contributed by atoms with Crippen molar-refractivity contribution in [1.29, 1.82) is 0 Å². The summed E-state index contributed by atoms with van der Waals surface area (Å²) in [4.78, 5) is 15.2. The average molecular weight is 252 g/mol. The van der Waals surface area contributed by atoms with Gasteiger partial charge in [-0.15, -0.1) is 0 Å². The molecule has 0 saturated carbocycles. The van der Waals surface area contributed by atoms with E-state index < -0.39 is 0 Å². The third-order valence-electron chi connectivity index (χ3n) is 2.79. The van der Waals surface area contributed by atoms with Crippen molar-refractivity contribution in [3.8, 4) is 5.69 Å². The van der Waals surface area contributed by atoms with Crippen molar-refractivity contribution in [1.82, 2.24) is 19.3 Å². The Morgan fingerprint density at radius 3 is 2.74 bits per heavy atom. The third-order valence-corrected chi connectivity index (χ3v) is 2.79. The van der Waals surface area contributed by atoms with E-state index in [0.717, 1.165) is 11.3 Å². The average Bonchev–Trinajstić information content (AvgIpc) is 2.91. The van der Waals surface area contributed by atoms with Crippen molar-refractivity contribution in [2.45, 2.75) is 6.54 Å². The van der Waals surface area contributed by atoms with Gasteiger partial charge in [0.25, 0.3) is 0 Å². The fraction of sp³-hybridized carbons (Fsp3) is 0.0714. The van der Waals surface area contributed by atoms with Gasteiger partial charge >= 0.3 is 5.69 Å². The molecule has 0 radical (unpaired) electrons. The van der Waals surface area contributed by atoms with Crippen LogP contribution in [0.3, 0.4) is 0 Å². The number of hydrogen-bond donors (Lipinski definition) is 0. The first kappa shape index (κ1) is 11.4. The second-order valence-electron chi connectivity index (χ2n) is 4.16. The fourth-order valence-electron chi connectivity index (χ4n) is 1.87. The first-order valence-electron chi connectivity index (χ1n) is 5.93. The van der Waals surface area contributed by atoms with Gasteiger partial charge in [0.2, 0.25) is 0 Å². The van der Waals surface area contributed by atoms with Crippen molar-refractivity contribution in [3.05, 3.63) is 77.2 Å². The van der Waals surface area contributed by atoms with Crippen LogP contribution in [0.2, 0.25) is 0 Å². The molecule has 19 heavy (non-hydrogen) atoms. The fourth-order valence-corrected chi connectivity index (χ4v) is 1.87. The Labute approximate surface area is 109 Å². The summed E-state index contributed by atoms with van der Waals surface area (Å²) in [6, 6.07) is 11.6. The molecular weight excluding hydrogens is 240 g/mol. The number of rotatable bonds is 3. The largest absolute Gasteiger partial charge is 0.347 e. The molecular formula is C14H12N4O. The zero-order valence-electron chi connectivity index (χ0n) is 10.2. The topological polar surface area (TPSA) is 52.7 Å². The van der Waals surface area contributed by atoms with E-state index >= 15 is 0 Å². The van der Waals surface area contributed by atoms with Crippen LogP contribution in [-0.2, 0) is 6.54 Å². The second kappa shape index (κ2) is 4.89. The maximum atomic E-state index is 11.5. The Balaban J connectivity index is 1.87. The Hall–Kier alpha value is -2.69. The molecule has 0 aliphatic rings. The summed E-state index contributed by atoms with van der Waals surface area (Å²) in [7, 11) is 0. The highest BCUT2D eigenvalue weighted by molar-refractivity contribution is 5.30. The lowest BCUT2D eigenvalue weighted by Crippen LogP contribution is -2.21. The summed E-state index contributed by atoms with van der Waals surface area (Å²) >= 11 is 0. The van der Waals surface area contributed by atoms with Crippen molar-refractivity contribution >= 4 is 0 Å². The van der Waals surface area contributed by atoms with Gasteiger partial charge in [-0.2, -0.15) is 5.10 Å². The Morgan fingerprint density at radius 1 is 1.11 bits per heavy atom. The molecule has 2 aromatic heterocycles. The van der Waals surface area contributed by atoms with Crippen LogP contribution in [0.15, 0.2) is 66.0 Å². The van der Waals surface area contributed by atoms with Gasteiger partial charge in [-0.3, -0.25) is 4.57 Å². The highest BCUT2D eigenvalue weighted by atomic mass is 16.1. The number of aromatic nitrogens is 4. The smallest absolute Gasteiger partial charge is 0.295 e. The first-order chi connectivity index (χ1) is 9.33.